The molecule has 54 heavy (non-hydrogen) atoms. The molecule has 0 aromatic carbocycles. The zero-order chi connectivity index (χ0) is 39.7. The fourth-order valence-corrected chi connectivity index (χ4v) is 6.48. The average molecular weight is 766 g/mol. The summed E-state index contributed by atoms with van der Waals surface area (Å²) < 4.78 is 11.1. The number of amides is 1. The topological polar surface area (TPSA) is 169 Å². The van der Waals surface area contributed by atoms with Gasteiger partial charge in [0, 0.05) is 6.42 Å². The van der Waals surface area contributed by atoms with E-state index >= 15 is 0 Å². The second-order valence-electron chi connectivity index (χ2n) is 14.9. The van der Waals surface area contributed by atoms with Crippen molar-refractivity contribution in [3.63, 3.8) is 0 Å². The monoisotopic (exact) mass is 766 g/mol. The van der Waals surface area contributed by atoms with E-state index in [2.05, 4.69) is 61.7 Å². The maximum atomic E-state index is 12.9. The van der Waals surface area contributed by atoms with E-state index < -0.39 is 55.6 Å². The van der Waals surface area contributed by atoms with Gasteiger partial charge in [0.1, 0.15) is 30.5 Å². The lowest BCUT2D eigenvalue weighted by Gasteiger charge is -2.40. The van der Waals surface area contributed by atoms with Crippen LogP contribution in [-0.4, -0.2) is 98.7 Å². The van der Waals surface area contributed by atoms with Crippen LogP contribution < -0.4 is 5.32 Å². The molecule has 1 fully saturated rings. The molecule has 10 heteroatoms. The molecular weight excluding hydrogens is 686 g/mol. The fourth-order valence-electron chi connectivity index (χ4n) is 6.48. The van der Waals surface area contributed by atoms with Crippen molar-refractivity contribution in [2.24, 2.45) is 0 Å². The Morgan fingerprint density at radius 2 is 1.13 bits per heavy atom. The van der Waals surface area contributed by atoms with E-state index in [4.69, 9.17) is 9.47 Å². The molecule has 314 valence electrons. The Bertz CT molecular complexity index is 1000. The van der Waals surface area contributed by atoms with Crippen molar-refractivity contribution in [3.8, 4) is 0 Å². The first-order valence-electron chi connectivity index (χ1n) is 21.4. The molecule has 7 N–H and O–H groups in total. The zero-order valence-corrected chi connectivity index (χ0v) is 33.8. The highest BCUT2D eigenvalue weighted by atomic mass is 16.7. The number of hydrogen-bond donors (Lipinski definition) is 7. The molecule has 1 amide bonds. The number of unbranched alkanes of at least 4 members (excludes halogenated alkanes) is 15. The van der Waals surface area contributed by atoms with E-state index in [-0.39, 0.29) is 18.9 Å². The van der Waals surface area contributed by atoms with Crippen molar-refractivity contribution >= 4 is 5.91 Å². The van der Waals surface area contributed by atoms with Crippen LogP contribution in [0.15, 0.2) is 48.6 Å². The van der Waals surface area contributed by atoms with E-state index in [0.717, 1.165) is 51.4 Å². The van der Waals surface area contributed by atoms with Gasteiger partial charge in [-0.2, -0.15) is 0 Å². The second kappa shape index (κ2) is 34.4. The van der Waals surface area contributed by atoms with Gasteiger partial charge >= 0.3 is 0 Å². The molecule has 0 bridgehead atoms. The maximum Gasteiger partial charge on any atom is 0.220 e. The van der Waals surface area contributed by atoms with Gasteiger partial charge in [-0.15, -0.1) is 0 Å². The SMILES string of the molecule is CCCCC/C=C\C/C=C\C/C=C\C/C=C\CCCC(=O)N[C@@H](CO[C@H]1OC(CO)[C@H](O)[C@H](O)C1O)[C@H](O)[C@H](O)CCCCCCCCCCCCCC. The Morgan fingerprint density at radius 1 is 0.648 bits per heavy atom. The van der Waals surface area contributed by atoms with Gasteiger partial charge in [-0.25, -0.2) is 0 Å². The molecule has 1 aliphatic heterocycles. The van der Waals surface area contributed by atoms with Crippen molar-refractivity contribution in [1.29, 1.82) is 0 Å². The number of carbonyl (C=O) groups excluding carboxylic acids is 1. The van der Waals surface area contributed by atoms with Crippen LogP contribution in [0.2, 0.25) is 0 Å². The minimum absolute atomic E-state index is 0.204. The molecule has 0 radical (unpaired) electrons. The van der Waals surface area contributed by atoms with E-state index in [1.54, 1.807) is 0 Å². The normalized spacial score (nSPS) is 22.6. The first-order valence-corrected chi connectivity index (χ1v) is 21.4. The minimum atomic E-state index is -1.62. The van der Waals surface area contributed by atoms with Crippen LogP contribution in [0.5, 0.6) is 0 Å². The molecule has 0 aliphatic carbocycles. The lowest BCUT2D eigenvalue weighted by Crippen LogP contribution is -2.60. The molecule has 1 heterocycles. The molecule has 0 spiro atoms. The van der Waals surface area contributed by atoms with E-state index in [9.17, 15) is 35.4 Å². The Balaban J connectivity index is 2.50. The van der Waals surface area contributed by atoms with Gasteiger partial charge in [0.05, 0.1) is 25.4 Å². The van der Waals surface area contributed by atoms with Gasteiger partial charge in [-0.3, -0.25) is 4.79 Å². The summed E-state index contributed by atoms with van der Waals surface area (Å²) in [6, 6.07) is -1.02. The summed E-state index contributed by atoms with van der Waals surface area (Å²) in [7, 11) is 0. The minimum Gasteiger partial charge on any atom is -0.394 e. The highest BCUT2D eigenvalue weighted by Gasteiger charge is 2.44. The number of hydrogen-bond acceptors (Lipinski definition) is 9. The van der Waals surface area contributed by atoms with Crippen LogP contribution in [-0.2, 0) is 14.3 Å². The van der Waals surface area contributed by atoms with Crippen molar-refractivity contribution in [2.45, 2.75) is 210 Å². The molecule has 0 aromatic heterocycles. The van der Waals surface area contributed by atoms with Gasteiger partial charge in [-0.05, 0) is 51.4 Å². The lowest BCUT2D eigenvalue weighted by molar-refractivity contribution is -0.303. The smallest absolute Gasteiger partial charge is 0.220 e. The quantitative estimate of drug-likeness (QED) is 0.0264. The third kappa shape index (κ3) is 24.6. The summed E-state index contributed by atoms with van der Waals surface area (Å²) in [6.07, 6.45) is 31.2. The van der Waals surface area contributed by atoms with E-state index in [1.165, 1.54) is 70.6 Å². The van der Waals surface area contributed by atoms with Crippen LogP contribution in [0.3, 0.4) is 0 Å². The Labute approximate surface area is 327 Å². The van der Waals surface area contributed by atoms with Crippen molar-refractivity contribution in [1.82, 2.24) is 5.32 Å². The summed E-state index contributed by atoms with van der Waals surface area (Å²) in [6.45, 7) is 3.51. The lowest BCUT2D eigenvalue weighted by atomic mass is 9.98. The molecule has 1 saturated heterocycles. The highest BCUT2D eigenvalue weighted by Crippen LogP contribution is 2.23. The number of ether oxygens (including phenoxy) is 2. The van der Waals surface area contributed by atoms with E-state index in [0.29, 0.717) is 19.3 Å². The summed E-state index contributed by atoms with van der Waals surface area (Å²) >= 11 is 0. The van der Waals surface area contributed by atoms with Crippen LogP contribution in [0.1, 0.15) is 162 Å². The molecule has 2 unspecified atom stereocenters. The standard InChI is InChI=1S/C44H79NO9/c1-3-5-7-9-11-13-15-17-18-19-20-21-23-25-27-29-31-33-39(48)45-36(35-53-44-43(52)42(51)41(50)38(34-46)54-44)40(49)37(47)32-30-28-26-24-22-16-14-12-10-8-6-4-2/h11,13,17-18,20-21,25,27,36-38,40-44,46-47,49-52H,3-10,12,14-16,19,22-24,26,28-35H2,1-2H3,(H,45,48)/b13-11-,18-17-,21-20-,27-25-/t36-,37+,38?,40-,41-,42-,43?,44-/m0/s1. The molecular formula is C44H79NO9. The van der Waals surface area contributed by atoms with Crippen LogP contribution in [0, 0.1) is 0 Å². The summed E-state index contributed by atoms with van der Waals surface area (Å²) in [4.78, 5) is 12.9. The first-order chi connectivity index (χ1) is 26.3. The van der Waals surface area contributed by atoms with Crippen molar-refractivity contribution in [3.05, 3.63) is 48.6 Å². The summed E-state index contributed by atoms with van der Waals surface area (Å²) in [5.41, 5.74) is 0. The van der Waals surface area contributed by atoms with Crippen LogP contribution >= 0.6 is 0 Å². The van der Waals surface area contributed by atoms with Gasteiger partial charge < -0.3 is 45.4 Å². The molecule has 0 saturated carbocycles. The van der Waals surface area contributed by atoms with Gasteiger partial charge in [0.2, 0.25) is 5.91 Å². The Kier molecular flexibility index (Phi) is 31.9. The fraction of sp³-hybridized carbons (Fsp3) is 0.795. The van der Waals surface area contributed by atoms with Gasteiger partial charge in [0.25, 0.3) is 0 Å². The summed E-state index contributed by atoms with van der Waals surface area (Å²) in [5, 5.41) is 64.9. The molecule has 1 aliphatic rings. The van der Waals surface area contributed by atoms with Gasteiger partial charge in [0.15, 0.2) is 6.29 Å². The van der Waals surface area contributed by atoms with Crippen LogP contribution in [0.4, 0.5) is 0 Å². The number of allylic oxidation sites excluding steroid dienone is 8. The molecule has 1 rings (SSSR count). The number of aliphatic hydroxyl groups is 6. The zero-order valence-electron chi connectivity index (χ0n) is 33.8. The highest BCUT2D eigenvalue weighted by molar-refractivity contribution is 5.76. The average Bonchev–Trinajstić information content (AvgIpc) is 3.17. The molecule has 8 atom stereocenters. The Hall–Kier alpha value is -1.89. The number of carbonyl (C=O) groups is 1. The Morgan fingerprint density at radius 3 is 1.67 bits per heavy atom. The second-order valence-corrected chi connectivity index (χ2v) is 14.9. The van der Waals surface area contributed by atoms with Gasteiger partial charge in [-0.1, -0.05) is 152 Å². The predicted molar refractivity (Wildman–Crippen MR) is 218 cm³/mol. The summed E-state index contributed by atoms with van der Waals surface area (Å²) in [5.74, 6) is -0.315. The number of rotatable bonds is 34. The third-order valence-electron chi connectivity index (χ3n) is 10.0. The molecule has 0 aromatic rings. The largest absolute Gasteiger partial charge is 0.394 e. The van der Waals surface area contributed by atoms with Crippen molar-refractivity contribution < 1.29 is 44.9 Å². The van der Waals surface area contributed by atoms with E-state index in [1.807, 2.05) is 6.08 Å². The predicted octanol–water partition coefficient (Wildman–Crippen LogP) is 7.25. The van der Waals surface area contributed by atoms with Crippen molar-refractivity contribution in [2.75, 3.05) is 13.2 Å². The number of nitrogens with one attached hydrogen (secondary N) is 1. The first kappa shape index (κ1) is 50.1. The maximum absolute atomic E-state index is 12.9. The van der Waals surface area contributed by atoms with Crippen LogP contribution in [0.25, 0.3) is 0 Å². The molecule has 10 nitrogen and oxygen atoms in total. The number of aliphatic hydroxyl groups excluding tert-OH is 6. The third-order valence-corrected chi connectivity index (χ3v) is 10.0.